The van der Waals surface area contributed by atoms with Gasteiger partial charge in [-0.05, 0) is 19.4 Å². The van der Waals surface area contributed by atoms with E-state index in [0.717, 1.165) is 11.1 Å². The van der Waals surface area contributed by atoms with E-state index in [9.17, 15) is 9.59 Å². The molecule has 2 N–H and O–H groups in total. The van der Waals surface area contributed by atoms with Gasteiger partial charge in [-0.3, -0.25) is 9.59 Å². The molecule has 0 saturated carbocycles. The third kappa shape index (κ3) is 1.93. The lowest BCUT2D eigenvalue weighted by Gasteiger charge is -2.08. The maximum atomic E-state index is 11.8. The number of aromatic nitrogens is 3. The Bertz CT molecular complexity index is 905. The van der Waals surface area contributed by atoms with Gasteiger partial charge in [-0.25, -0.2) is 5.10 Å². The molecule has 100 valence electrons. The van der Waals surface area contributed by atoms with Crippen LogP contribution in [0.2, 0.25) is 0 Å². The number of nitrogens with one attached hydrogen (secondary N) is 2. The van der Waals surface area contributed by atoms with Crippen LogP contribution in [0.5, 0.6) is 0 Å². The van der Waals surface area contributed by atoms with E-state index in [0.29, 0.717) is 22.2 Å². The zero-order valence-corrected chi connectivity index (χ0v) is 11.2. The minimum Gasteiger partial charge on any atom is -0.321 e. The quantitative estimate of drug-likeness (QED) is 0.706. The summed E-state index contributed by atoms with van der Waals surface area (Å²) in [5, 5.41) is 7.42. The second-order valence-electron chi connectivity index (χ2n) is 4.80. The van der Waals surface area contributed by atoms with Crippen molar-refractivity contribution in [1.82, 2.24) is 15.2 Å². The molecule has 2 aromatic heterocycles. The Balaban J connectivity index is 2.47. The molecule has 0 radical (unpaired) electrons. The van der Waals surface area contributed by atoms with Crippen molar-refractivity contribution in [2.75, 3.05) is 0 Å². The number of aromatic amines is 2. The number of H-pyrrole nitrogens is 2. The summed E-state index contributed by atoms with van der Waals surface area (Å²) < 4.78 is 0. The molecule has 5 heteroatoms. The van der Waals surface area contributed by atoms with E-state index >= 15 is 0 Å². The van der Waals surface area contributed by atoms with Gasteiger partial charge in [0.15, 0.2) is 0 Å². The Labute approximate surface area is 114 Å². The molecule has 0 aliphatic heterocycles. The number of rotatable bonds is 1. The minimum atomic E-state index is -0.356. The summed E-state index contributed by atoms with van der Waals surface area (Å²) in [4.78, 5) is 26.4. The van der Waals surface area contributed by atoms with E-state index in [4.69, 9.17) is 0 Å². The molecule has 0 atom stereocenters. The van der Waals surface area contributed by atoms with Gasteiger partial charge in [-0.2, -0.15) is 5.10 Å². The fourth-order valence-corrected chi connectivity index (χ4v) is 2.30. The Morgan fingerprint density at radius 2 is 1.75 bits per heavy atom. The molecule has 1 aromatic carbocycles. The number of aryl methyl sites for hydroxylation is 2. The van der Waals surface area contributed by atoms with Crippen LogP contribution in [0.15, 0.2) is 39.9 Å². The molecule has 3 rings (SSSR count). The summed E-state index contributed by atoms with van der Waals surface area (Å²) in [6.07, 6.45) is 0. The van der Waals surface area contributed by atoms with E-state index in [1.165, 1.54) is 6.07 Å². The predicted octanol–water partition coefficient (Wildman–Crippen LogP) is 1.90. The monoisotopic (exact) mass is 267 g/mol. The van der Waals surface area contributed by atoms with Crippen LogP contribution in [0.3, 0.4) is 0 Å². The third-order valence-corrected chi connectivity index (χ3v) is 3.31. The van der Waals surface area contributed by atoms with Crippen molar-refractivity contribution in [3.63, 3.8) is 0 Å². The van der Waals surface area contributed by atoms with Crippen LogP contribution in [0, 0.1) is 13.8 Å². The van der Waals surface area contributed by atoms with Crippen molar-refractivity contribution in [3.8, 4) is 11.3 Å². The molecule has 0 spiro atoms. The Kier molecular flexibility index (Phi) is 2.75. The van der Waals surface area contributed by atoms with Crippen molar-refractivity contribution >= 4 is 10.8 Å². The number of benzene rings is 1. The highest BCUT2D eigenvalue weighted by molar-refractivity contribution is 5.95. The normalized spacial score (nSPS) is 10.9. The van der Waals surface area contributed by atoms with Gasteiger partial charge in [0.1, 0.15) is 0 Å². The molecule has 0 fully saturated rings. The molecule has 3 aromatic rings. The Hall–Kier alpha value is -2.69. The summed E-state index contributed by atoms with van der Waals surface area (Å²) in [5.41, 5.74) is 2.63. The number of hydrogen-bond acceptors (Lipinski definition) is 3. The second kappa shape index (κ2) is 4.45. The van der Waals surface area contributed by atoms with Crippen molar-refractivity contribution in [1.29, 1.82) is 0 Å². The van der Waals surface area contributed by atoms with E-state index in [1.807, 2.05) is 31.2 Å². The zero-order chi connectivity index (χ0) is 14.3. The van der Waals surface area contributed by atoms with Gasteiger partial charge in [-0.15, -0.1) is 0 Å². The minimum absolute atomic E-state index is 0.302. The molecule has 0 bridgehead atoms. The number of pyridine rings is 1. The average Bonchev–Trinajstić information content (AvgIpc) is 2.43. The standard InChI is InChI=1S/C15H13N3O2/c1-8-3-5-10(6-4-8)14-13-9(2)17-18-15(20)11(13)7-12(19)16-14/h3-7H,1-2H3,(H,16,19)(H,18,20). The molecule has 0 saturated heterocycles. The molecular formula is C15H13N3O2. The first-order valence-electron chi connectivity index (χ1n) is 6.25. The first-order valence-corrected chi connectivity index (χ1v) is 6.25. The molecular weight excluding hydrogens is 254 g/mol. The van der Waals surface area contributed by atoms with Crippen LogP contribution in [0.4, 0.5) is 0 Å². The Morgan fingerprint density at radius 3 is 2.45 bits per heavy atom. The highest BCUT2D eigenvalue weighted by Crippen LogP contribution is 2.25. The van der Waals surface area contributed by atoms with Gasteiger partial charge in [0, 0.05) is 11.5 Å². The number of nitrogens with zero attached hydrogens (tertiary/aromatic N) is 1. The summed E-state index contributed by atoms with van der Waals surface area (Å²) in [6.45, 7) is 3.79. The summed E-state index contributed by atoms with van der Waals surface area (Å²) in [7, 11) is 0. The van der Waals surface area contributed by atoms with Crippen molar-refractivity contribution in [3.05, 3.63) is 62.3 Å². The topological polar surface area (TPSA) is 78.6 Å². The van der Waals surface area contributed by atoms with Crippen LogP contribution < -0.4 is 11.1 Å². The lowest BCUT2D eigenvalue weighted by atomic mass is 10.0. The van der Waals surface area contributed by atoms with Gasteiger partial charge in [0.2, 0.25) is 5.56 Å². The number of fused-ring (bicyclic) bond motifs is 1. The molecule has 2 heterocycles. The smallest absolute Gasteiger partial charge is 0.272 e. The van der Waals surface area contributed by atoms with Crippen LogP contribution in [0.1, 0.15) is 11.3 Å². The lowest BCUT2D eigenvalue weighted by Crippen LogP contribution is -2.15. The molecule has 0 amide bonds. The lowest BCUT2D eigenvalue weighted by molar-refractivity contribution is 0.967. The zero-order valence-electron chi connectivity index (χ0n) is 11.2. The van der Waals surface area contributed by atoms with Gasteiger partial charge in [0.25, 0.3) is 5.56 Å². The van der Waals surface area contributed by atoms with Crippen molar-refractivity contribution < 1.29 is 0 Å². The fourth-order valence-electron chi connectivity index (χ4n) is 2.30. The molecule has 0 aliphatic rings. The average molecular weight is 267 g/mol. The van der Waals surface area contributed by atoms with E-state index in [1.54, 1.807) is 6.92 Å². The van der Waals surface area contributed by atoms with Crippen LogP contribution in [-0.4, -0.2) is 15.2 Å². The van der Waals surface area contributed by atoms with Gasteiger partial charge in [0.05, 0.1) is 16.8 Å². The molecule has 0 unspecified atom stereocenters. The first kappa shape index (κ1) is 12.3. The molecule has 5 nitrogen and oxygen atoms in total. The van der Waals surface area contributed by atoms with Gasteiger partial charge in [-0.1, -0.05) is 29.8 Å². The first-order chi connectivity index (χ1) is 9.56. The fraction of sp³-hybridized carbons (Fsp3) is 0.133. The van der Waals surface area contributed by atoms with Crippen LogP contribution in [-0.2, 0) is 0 Å². The van der Waals surface area contributed by atoms with E-state index < -0.39 is 0 Å². The largest absolute Gasteiger partial charge is 0.321 e. The van der Waals surface area contributed by atoms with Crippen molar-refractivity contribution in [2.45, 2.75) is 13.8 Å². The van der Waals surface area contributed by atoms with Crippen molar-refractivity contribution in [2.24, 2.45) is 0 Å². The second-order valence-corrected chi connectivity index (χ2v) is 4.80. The molecule has 0 aliphatic carbocycles. The summed E-state index contributed by atoms with van der Waals surface area (Å²) in [5.74, 6) is 0. The summed E-state index contributed by atoms with van der Waals surface area (Å²) >= 11 is 0. The van der Waals surface area contributed by atoms with E-state index in [-0.39, 0.29) is 11.1 Å². The molecule has 20 heavy (non-hydrogen) atoms. The van der Waals surface area contributed by atoms with Gasteiger partial charge >= 0.3 is 0 Å². The SMILES string of the molecule is Cc1ccc(-c2[nH]c(=O)cc3c(=O)[nH]nc(C)c23)cc1. The predicted molar refractivity (Wildman–Crippen MR) is 77.9 cm³/mol. The van der Waals surface area contributed by atoms with Crippen LogP contribution >= 0.6 is 0 Å². The van der Waals surface area contributed by atoms with Crippen LogP contribution in [0.25, 0.3) is 22.0 Å². The number of hydrogen-bond donors (Lipinski definition) is 2. The maximum absolute atomic E-state index is 11.8. The Morgan fingerprint density at radius 1 is 1.05 bits per heavy atom. The highest BCUT2D eigenvalue weighted by atomic mass is 16.1. The summed E-state index contributed by atoms with van der Waals surface area (Å²) in [6, 6.07) is 9.06. The highest BCUT2D eigenvalue weighted by Gasteiger charge is 2.11. The van der Waals surface area contributed by atoms with E-state index in [2.05, 4.69) is 15.2 Å². The third-order valence-electron chi connectivity index (χ3n) is 3.31. The van der Waals surface area contributed by atoms with Gasteiger partial charge < -0.3 is 4.98 Å². The maximum Gasteiger partial charge on any atom is 0.272 e.